The van der Waals surface area contributed by atoms with Crippen LogP contribution in [0.25, 0.3) is 0 Å². The van der Waals surface area contributed by atoms with Crippen molar-refractivity contribution in [1.29, 1.82) is 0 Å². The van der Waals surface area contributed by atoms with Crippen LogP contribution in [0.5, 0.6) is 5.75 Å². The molecule has 1 N–H and O–H groups in total. The minimum Gasteiger partial charge on any atom is -0.479 e. The number of nitrogens with one attached hydrogen (secondary N) is 1. The topological polar surface area (TPSA) is 38.3 Å². The maximum Gasteiger partial charge on any atom is 0.265 e. The number of ether oxygens (including phenoxy) is 1. The molecule has 0 fully saturated rings. The molecule has 2 rings (SSSR count). The predicted octanol–water partition coefficient (Wildman–Crippen LogP) is 5.36. The van der Waals surface area contributed by atoms with Crippen molar-refractivity contribution in [2.45, 2.75) is 20.0 Å². The summed E-state index contributed by atoms with van der Waals surface area (Å²) in [7, 11) is 0. The molecular weight excluding hydrogens is 345 g/mol. The van der Waals surface area contributed by atoms with Crippen LogP contribution in [0.3, 0.4) is 0 Å². The first-order valence-electron chi connectivity index (χ1n) is 6.56. The number of carbonyl (C=O) groups is 1. The molecule has 1 atom stereocenters. The number of rotatable bonds is 4. The first kappa shape index (κ1) is 16.9. The molecule has 0 heterocycles. The second-order valence-corrected chi connectivity index (χ2v) is 5.99. The number of amides is 1. The number of hydrogen-bond acceptors (Lipinski definition) is 2. The summed E-state index contributed by atoms with van der Waals surface area (Å²) in [6.45, 7) is 3.47. The van der Waals surface area contributed by atoms with E-state index in [0.29, 0.717) is 26.5 Å². The number of benzene rings is 2. The highest BCUT2D eigenvalue weighted by Gasteiger charge is 2.17. The molecule has 0 bridgehead atoms. The van der Waals surface area contributed by atoms with E-state index >= 15 is 0 Å². The van der Waals surface area contributed by atoms with Crippen LogP contribution in [0.4, 0.5) is 5.69 Å². The van der Waals surface area contributed by atoms with Crippen LogP contribution in [-0.4, -0.2) is 12.0 Å². The SMILES string of the molecule is Cc1c(Cl)cccc1NC(=O)[C@H](C)Oc1ccc(Cl)cc1Cl. The van der Waals surface area contributed by atoms with E-state index in [1.165, 1.54) is 0 Å². The number of carbonyl (C=O) groups excluding carboxylic acids is 1. The molecular formula is C16H14Cl3NO2. The highest BCUT2D eigenvalue weighted by molar-refractivity contribution is 6.35. The van der Waals surface area contributed by atoms with Crippen LogP contribution in [0.15, 0.2) is 36.4 Å². The molecule has 116 valence electrons. The van der Waals surface area contributed by atoms with Crippen LogP contribution in [-0.2, 0) is 4.79 Å². The molecule has 0 aromatic heterocycles. The highest BCUT2D eigenvalue weighted by Crippen LogP contribution is 2.29. The fraction of sp³-hybridized carbons (Fsp3) is 0.188. The average molecular weight is 359 g/mol. The number of hydrogen-bond donors (Lipinski definition) is 1. The van der Waals surface area contributed by atoms with Gasteiger partial charge in [-0.1, -0.05) is 40.9 Å². The van der Waals surface area contributed by atoms with Crippen LogP contribution < -0.4 is 10.1 Å². The van der Waals surface area contributed by atoms with Crippen molar-refractivity contribution in [1.82, 2.24) is 0 Å². The van der Waals surface area contributed by atoms with Gasteiger partial charge in [0, 0.05) is 15.7 Å². The van der Waals surface area contributed by atoms with Gasteiger partial charge in [0.1, 0.15) is 5.75 Å². The molecule has 0 spiro atoms. The van der Waals surface area contributed by atoms with E-state index in [1.807, 2.05) is 6.92 Å². The minimum atomic E-state index is -0.725. The molecule has 2 aromatic rings. The standard InChI is InChI=1S/C16H14Cl3NO2/c1-9-12(18)4-3-5-14(9)20-16(21)10(2)22-15-7-6-11(17)8-13(15)19/h3-8,10H,1-2H3,(H,20,21)/t10-/m0/s1. The van der Waals surface area contributed by atoms with Gasteiger partial charge in [0.25, 0.3) is 5.91 Å². The maximum atomic E-state index is 12.2. The Balaban J connectivity index is 2.07. The number of halogens is 3. The van der Waals surface area contributed by atoms with E-state index in [-0.39, 0.29) is 5.91 Å². The highest BCUT2D eigenvalue weighted by atomic mass is 35.5. The summed E-state index contributed by atoms with van der Waals surface area (Å²) in [5.41, 5.74) is 1.45. The Morgan fingerprint density at radius 3 is 2.55 bits per heavy atom. The van der Waals surface area contributed by atoms with Crippen molar-refractivity contribution in [2.75, 3.05) is 5.32 Å². The lowest BCUT2D eigenvalue weighted by atomic mass is 10.2. The third-order valence-electron chi connectivity index (χ3n) is 3.09. The van der Waals surface area contributed by atoms with Crippen LogP contribution in [0.1, 0.15) is 12.5 Å². The largest absolute Gasteiger partial charge is 0.479 e. The first-order valence-corrected chi connectivity index (χ1v) is 7.69. The Morgan fingerprint density at radius 2 is 1.86 bits per heavy atom. The van der Waals surface area contributed by atoms with Gasteiger partial charge in [-0.3, -0.25) is 4.79 Å². The lowest BCUT2D eigenvalue weighted by molar-refractivity contribution is -0.122. The quantitative estimate of drug-likeness (QED) is 0.799. The predicted molar refractivity (Wildman–Crippen MR) is 91.4 cm³/mol. The molecule has 0 aliphatic rings. The van der Waals surface area contributed by atoms with Gasteiger partial charge >= 0.3 is 0 Å². The normalized spacial score (nSPS) is 11.9. The molecule has 6 heteroatoms. The zero-order valence-corrected chi connectivity index (χ0v) is 14.3. The van der Waals surface area contributed by atoms with Crippen LogP contribution >= 0.6 is 34.8 Å². The van der Waals surface area contributed by atoms with Gasteiger partial charge in [0.2, 0.25) is 0 Å². The van der Waals surface area contributed by atoms with Crippen molar-refractivity contribution in [3.63, 3.8) is 0 Å². The minimum absolute atomic E-state index is 0.295. The summed E-state index contributed by atoms with van der Waals surface area (Å²) in [5, 5.41) is 4.23. The average Bonchev–Trinajstić information content (AvgIpc) is 2.46. The molecule has 0 saturated carbocycles. The van der Waals surface area contributed by atoms with E-state index in [9.17, 15) is 4.79 Å². The summed E-state index contributed by atoms with van der Waals surface area (Å²) < 4.78 is 5.57. The van der Waals surface area contributed by atoms with E-state index in [2.05, 4.69) is 5.32 Å². The van der Waals surface area contributed by atoms with Gasteiger partial charge in [0.05, 0.1) is 5.02 Å². The summed E-state index contributed by atoms with van der Waals surface area (Å²) in [5.74, 6) is 0.105. The van der Waals surface area contributed by atoms with E-state index in [4.69, 9.17) is 39.5 Å². The van der Waals surface area contributed by atoms with Crippen molar-refractivity contribution >= 4 is 46.4 Å². The van der Waals surface area contributed by atoms with Gasteiger partial charge in [0.15, 0.2) is 6.10 Å². The third kappa shape index (κ3) is 4.07. The Bertz CT molecular complexity index is 704. The molecule has 0 saturated heterocycles. The smallest absolute Gasteiger partial charge is 0.265 e. The third-order valence-corrected chi connectivity index (χ3v) is 4.03. The molecule has 2 aromatic carbocycles. The van der Waals surface area contributed by atoms with Gasteiger partial charge in [-0.2, -0.15) is 0 Å². The van der Waals surface area contributed by atoms with Gasteiger partial charge in [-0.15, -0.1) is 0 Å². The molecule has 0 aliphatic heterocycles. The first-order chi connectivity index (χ1) is 10.4. The fourth-order valence-corrected chi connectivity index (χ4v) is 2.42. The molecule has 22 heavy (non-hydrogen) atoms. The molecule has 0 radical (unpaired) electrons. The molecule has 1 amide bonds. The molecule has 0 aliphatic carbocycles. The van der Waals surface area contributed by atoms with Crippen molar-refractivity contribution in [3.8, 4) is 5.75 Å². The van der Waals surface area contributed by atoms with Gasteiger partial charge in [-0.05, 0) is 49.7 Å². The summed E-state index contributed by atoms with van der Waals surface area (Å²) >= 11 is 17.9. The Morgan fingerprint density at radius 1 is 1.14 bits per heavy atom. The Labute approximate surface area is 144 Å². The summed E-state index contributed by atoms with van der Waals surface area (Å²) in [6.07, 6.45) is -0.725. The zero-order valence-electron chi connectivity index (χ0n) is 12.0. The van der Waals surface area contributed by atoms with Crippen molar-refractivity contribution in [3.05, 3.63) is 57.0 Å². The van der Waals surface area contributed by atoms with E-state index in [1.54, 1.807) is 43.3 Å². The maximum absolute atomic E-state index is 12.2. The van der Waals surface area contributed by atoms with Gasteiger partial charge in [-0.25, -0.2) is 0 Å². The lowest BCUT2D eigenvalue weighted by Gasteiger charge is -2.17. The molecule has 0 unspecified atom stereocenters. The fourth-order valence-electron chi connectivity index (χ4n) is 1.79. The lowest BCUT2D eigenvalue weighted by Crippen LogP contribution is -2.30. The monoisotopic (exact) mass is 357 g/mol. The number of anilines is 1. The Kier molecular flexibility index (Phi) is 5.57. The second kappa shape index (κ2) is 7.23. The second-order valence-electron chi connectivity index (χ2n) is 4.74. The van der Waals surface area contributed by atoms with Crippen molar-refractivity contribution in [2.24, 2.45) is 0 Å². The summed E-state index contributed by atoms with van der Waals surface area (Å²) in [6, 6.07) is 10.1. The van der Waals surface area contributed by atoms with E-state index < -0.39 is 6.10 Å². The summed E-state index contributed by atoms with van der Waals surface area (Å²) in [4.78, 5) is 12.2. The van der Waals surface area contributed by atoms with Crippen LogP contribution in [0.2, 0.25) is 15.1 Å². The van der Waals surface area contributed by atoms with Crippen LogP contribution in [0, 0.1) is 6.92 Å². The Hall–Kier alpha value is -1.42. The van der Waals surface area contributed by atoms with Crippen molar-refractivity contribution < 1.29 is 9.53 Å². The van der Waals surface area contributed by atoms with E-state index in [0.717, 1.165) is 5.56 Å². The molecule has 3 nitrogen and oxygen atoms in total. The van der Waals surface area contributed by atoms with Gasteiger partial charge < -0.3 is 10.1 Å². The zero-order chi connectivity index (χ0) is 16.3.